The first kappa shape index (κ1) is 18.8. The van der Waals surface area contributed by atoms with Crippen molar-refractivity contribution < 1.29 is 14.6 Å². The first-order chi connectivity index (χ1) is 12.8. The number of ketones is 1. The molecule has 4 heteroatoms. The van der Waals surface area contributed by atoms with Crippen LogP contribution in [0.1, 0.15) is 31.9 Å². The molecule has 0 aromatic heterocycles. The lowest BCUT2D eigenvalue weighted by atomic mass is 9.83. The Hall–Kier alpha value is -3.01. The van der Waals surface area contributed by atoms with Crippen molar-refractivity contribution in [2.24, 2.45) is 0 Å². The summed E-state index contributed by atoms with van der Waals surface area (Å²) < 4.78 is 5.39. The first-order valence-corrected chi connectivity index (χ1v) is 9.08. The van der Waals surface area contributed by atoms with Gasteiger partial charge in [0.15, 0.2) is 5.78 Å². The number of rotatable bonds is 5. The molecule has 0 radical (unpaired) electrons. The van der Waals surface area contributed by atoms with E-state index in [9.17, 15) is 9.90 Å². The maximum Gasteiger partial charge on any atom is 0.184 e. The Morgan fingerprint density at radius 2 is 1.81 bits per heavy atom. The zero-order valence-electron chi connectivity index (χ0n) is 16.2. The van der Waals surface area contributed by atoms with Crippen LogP contribution in [0.5, 0.6) is 5.75 Å². The molecule has 0 amide bonds. The SMILES string of the molecule is CCOc1ccc(/C(O)=C/C(=O)C=C2N(C)c3ccccc3C2(C)C)cc1. The van der Waals surface area contributed by atoms with Crippen molar-refractivity contribution in [2.45, 2.75) is 26.2 Å². The van der Waals surface area contributed by atoms with Gasteiger partial charge in [0.1, 0.15) is 11.5 Å². The number of carbonyl (C=O) groups is 1. The fraction of sp³-hybridized carbons (Fsp3) is 0.261. The molecule has 3 rings (SSSR count). The fourth-order valence-electron chi connectivity index (χ4n) is 3.54. The number of ether oxygens (including phenoxy) is 1. The Bertz CT molecular complexity index is 907. The van der Waals surface area contributed by atoms with E-state index in [-0.39, 0.29) is 17.0 Å². The lowest BCUT2D eigenvalue weighted by Crippen LogP contribution is -2.23. The largest absolute Gasteiger partial charge is 0.507 e. The highest BCUT2D eigenvalue weighted by atomic mass is 16.5. The summed E-state index contributed by atoms with van der Waals surface area (Å²) in [5.41, 5.74) is 3.49. The van der Waals surface area contributed by atoms with Crippen LogP contribution < -0.4 is 9.64 Å². The maximum atomic E-state index is 12.6. The minimum Gasteiger partial charge on any atom is -0.507 e. The van der Waals surface area contributed by atoms with Crippen LogP contribution in [0.25, 0.3) is 5.76 Å². The van der Waals surface area contributed by atoms with Gasteiger partial charge >= 0.3 is 0 Å². The van der Waals surface area contributed by atoms with Gasteiger partial charge in [-0.15, -0.1) is 0 Å². The number of para-hydroxylation sites is 1. The van der Waals surface area contributed by atoms with Gasteiger partial charge in [-0.05, 0) is 42.8 Å². The van der Waals surface area contributed by atoms with Crippen molar-refractivity contribution in [2.75, 3.05) is 18.6 Å². The van der Waals surface area contributed by atoms with Crippen LogP contribution in [0.3, 0.4) is 0 Å². The van der Waals surface area contributed by atoms with Crippen LogP contribution >= 0.6 is 0 Å². The van der Waals surface area contributed by atoms with E-state index in [1.54, 1.807) is 30.3 Å². The molecule has 140 valence electrons. The fourth-order valence-corrected chi connectivity index (χ4v) is 3.54. The molecule has 0 atom stereocenters. The zero-order valence-corrected chi connectivity index (χ0v) is 16.2. The standard InChI is InChI=1S/C23H25NO3/c1-5-27-18-12-10-16(11-13-18)21(26)14-17(25)15-22-23(2,3)19-8-6-7-9-20(19)24(22)4/h6-15,26H,5H2,1-4H3/b21-14-,22-15?. The van der Waals surface area contributed by atoms with E-state index in [1.807, 2.05) is 31.0 Å². The average molecular weight is 363 g/mol. The van der Waals surface area contributed by atoms with Gasteiger partial charge in [-0.25, -0.2) is 0 Å². The number of benzene rings is 2. The highest BCUT2D eigenvalue weighted by Gasteiger charge is 2.38. The van der Waals surface area contributed by atoms with Crippen molar-refractivity contribution >= 4 is 17.2 Å². The predicted molar refractivity (Wildman–Crippen MR) is 109 cm³/mol. The number of allylic oxidation sites excluding steroid dienone is 3. The summed E-state index contributed by atoms with van der Waals surface area (Å²) in [5, 5.41) is 10.3. The van der Waals surface area contributed by atoms with E-state index in [1.165, 1.54) is 11.6 Å². The normalized spacial score (nSPS) is 17.1. The zero-order chi connectivity index (χ0) is 19.6. The molecule has 0 saturated heterocycles. The summed E-state index contributed by atoms with van der Waals surface area (Å²) in [6, 6.07) is 15.2. The highest BCUT2D eigenvalue weighted by molar-refractivity contribution is 6.04. The molecule has 0 fully saturated rings. The van der Waals surface area contributed by atoms with Gasteiger partial charge in [0.25, 0.3) is 0 Å². The summed E-state index contributed by atoms with van der Waals surface area (Å²) in [5.74, 6) is 0.426. The van der Waals surface area contributed by atoms with E-state index >= 15 is 0 Å². The van der Waals surface area contributed by atoms with Crippen molar-refractivity contribution in [3.05, 3.63) is 77.5 Å². The third-order valence-electron chi connectivity index (χ3n) is 4.96. The Labute approximate surface area is 160 Å². The molecule has 1 aliphatic heterocycles. The number of hydrogen-bond acceptors (Lipinski definition) is 4. The quantitative estimate of drug-likeness (QED) is 0.608. The number of nitrogens with zero attached hydrogens (tertiary/aromatic N) is 1. The van der Waals surface area contributed by atoms with Crippen molar-refractivity contribution in [3.8, 4) is 5.75 Å². The minimum absolute atomic E-state index is 0.0594. The van der Waals surface area contributed by atoms with Gasteiger partial charge in [0.2, 0.25) is 0 Å². The molecule has 0 spiro atoms. The number of fused-ring (bicyclic) bond motifs is 1. The van der Waals surface area contributed by atoms with E-state index in [0.717, 1.165) is 17.1 Å². The lowest BCUT2D eigenvalue weighted by molar-refractivity contribution is -0.110. The Morgan fingerprint density at radius 1 is 1.15 bits per heavy atom. The molecule has 0 aliphatic carbocycles. The van der Waals surface area contributed by atoms with E-state index in [4.69, 9.17) is 4.74 Å². The molecule has 1 aliphatic rings. The maximum absolute atomic E-state index is 12.6. The molecule has 0 saturated carbocycles. The number of anilines is 1. The molecule has 1 N–H and O–H groups in total. The summed E-state index contributed by atoms with van der Waals surface area (Å²) >= 11 is 0. The number of aliphatic hydroxyl groups is 1. The first-order valence-electron chi connectivity index (χ1n) is 9.08. The van der Waals surface area contributed by atoms with E-state index < -0.39 is 0 Å². The number of likely N-dealkylation sites (N-methyl/N-ethyl adjacent to an activating group) is 1. The topological polar surface area (TPSA) is 49.8 Å². The number of aliphatic hydroxyl groups excluding tert-OH is 1. The Balaban J connectivity index is 1.85. The summed E-state index contributed by atoms with van der Waals surface area (Å²) in [6.45, 7) is 6.70. The summed E-state index contributed by atoms with van der Waals surface area (Å²) in [6.07, 6.45) is 2.86. The highest BCUT2D eigenvalue weighted by Crippen LogP contribution is 2.46. The molecular formula is C23H25NO3. The van der Waals surface area contributed by atoms with E-state index in [0.29, 0.717) is 12.2 Å². The Morgan fingerprint density at radius 3 is 2.44 bits per heavy atom. The molecular weight excluding hydrogens is 338 g/mol. The molecule has 1 heterocycles. The molecule has 27 heavy (non-hydrogen) atoms. The molecule has 0 unspecified atom stereocenters. The summed E-state index contributed by atoms with van der Waals surface area (Å²) in [7, 11) is 1.96. The number of hydrogen-bond donors (Lipinski definition) is 1. The smallest absolute Gasteiger partial charge is 0.184 e. The van der Waals surface area contributed by atoms with Crippen LogP contribution in [0.15, 0.2) is 66.4 Å². The van der Waals surface area contributed by atoms with Gasteiger partial charge in [0, 0.05) is 41.6 Å². The van der Waals surface area contributed by atoms with Crippen molar-refractivity contribution in [1.82, 2.24) is 0 Å². The van der Waals surface area contributed by atoms with Gasteiger partial charge in [0.05, 0.1) is 6.61 Å². The summed E-state index contributed by atoms with van der Waals surface area (Å²) in [4.78, 5) is 14.6. The lowest BCUT2D eigenvalue weighted by Gasteiger charge is -2.23. The van der Waals surface area contributed by atoms with Gasteiger partial charge in [-0.1, -0.05) is 32.0 Å². The average Bonchev–Trinajstić information content (AvgIpc) is 2.84. The monoisotopic (exact) mass is 363 g/mol. The van der Waals surface area contributed by atoms with E-state index in [2.05, 4.69) is 26.0 Å². The van der Waals surface area contributed by atoms with Gasteiger partial charge in [-0.3, -0.25) is 4.79 Å². The molecule has 2 aromatic rings. The van der Waals surface area contributed by atoms with Crippen LogP contribution in [0.4, 0.5) is 5.69 Å². The molecule has 4 nitrogen and oxygen atoms in total. The van der Waals surface area contributed by atoms with Gasteiger partial charge < -0.3 is 14.7 Å². The van der Waals surface area contributed by atoms with Crippen molar-refractivity contribution in [3.63, 3.8) is 0 Å². The molecule has 2 aromatic carbocycles. The third kappa shape index (κ3) is 3.61. The van der Waals surface area contributed by atoms with Gasteiger partial charge in [-0.2, -0.15) is 0 Å². The second-order valence-corrected chi connectivity index (χ2v) is 7.12. The van der Waals surface area contributed by atoms with Crippen LogP contribution in [-0.2, 0) is 10.2 Å². The van der Waals surface area contributed by atoms with Crippen molar-refractivity contribution in [1.29, 1.82) is 0 Å². The number of carbonyl (C=O) groups excluding carboxylic acids is 1. The third-order valence-corrected chi connectivity index (χ3v) is 4.96. The Kier molecular flexibility index (Phi) is 5.08. The van der Waals surface area contributed by atoms with Crippen LogP contribution in [0, 0.1) is 0 Å². The minimum atomic E-state index is -0.274. The second kappa shape index (κ2) is 7.31. The molecule has 0 bridgehead atoms. The predicted octanol–water partition coefficient (Wildman–Crippen LogP) is 4.86. The van der Waals surface area contributed by atoms with Crippen LogP contribution in [0.2, 0.25) is 0 Å². The second-order valence-electron chi connectivity index (χ2n) is 7.12. The van der Waals surface area contributed by atoms with Crippen LogP contribution in [-0.4, -0.2) is 24.5 Å².